The van der Waals surface area contributed by atoms with Crippen molar-refractivity contribution in [2.45, 2.75) is 26.3 Å². The van der Waals surface area contributed by atoms with Gasteiger partial charge in [0, 0.05) is 17.8 Å². The lowest BCUT2D eigenvalue weighted by Crippen LogP contribution is -2.36. The molecule has 116 valence electrons. The molecular formula is C15H23N3O2S. The van der Waals surface area contributed by atoms with Gasteiger partial charge in [-0.3, -0.25) is 9.59 Å². The van der Waals surface area contributed by atoms with Crippen LogP contribution in [0.3, 0.4) is 0 Å². The van der Waals surface area contributed by atoms with Crippen molar-refractivity contribution in [1.82, 2.24) is 5.32 Å². The molecule has 0 aromatic heterocycles. The molecule has 2 amide bonds. The third-order valence-corrected chi connectivity index (χ3v) is 3.70. The molecule has 1 atom stereocenters. The van der Waals surface area contributed by atoms with E-state index in [2.05, 4.69) is 10.6 Å². The van der Waals surface area contributed by atoms with Gasteiger partial charge in [-0.05, 0) is 56.0 Å². The highest BCUT2D eigenvalue weighted by molar-refractivity contribution is 7.98. The van der Waals surface area contributed by atoms with Crippen LogP contribution < -0.4 is 16.4 Å². The molecule has 5 nitrogen and oxygen atoms in total. The van der Waals surface area contributed by atoms with Crippen LogP contribution in [0.1, 0.15) is 29.3 Å². The van der Waals surface area contributed by atoms with Crippen molar-refractivity contribution in [1.29, 1.82) is 0 Å². The number of hydrogen-bond donors (Lipinski definition) is 3. The van der Waals surface area contributed by atoms with Crippen molar-refractivity contribution in [3.63, 3.8) is 0 Å². The molecule has 1 rings (SSSR count). The number of aryl methyl sites for hydroxylation is 1. The van der Waals surface area contributed by atoms with E-state index in [9.17, 15) is 9.59 Å². The summed E-state index contributed by atoms with van der Waals surface area (Å²) >= 11 is 1.66. The van der Waals surface area contributed by atoms with Gasteiger partial charge >= 0.3 is 0 Å². The molecule has 4 N–H and O–H groups in total. The first-order valence-electron chi connectivity index (χ1n) is 6.93. The molecule has 0 saturated heterocycles. The van der Waals surface area contributed by atoms with Gasteiger partial charge < -0.3 is 16.4 Å². The summed E-state index contributed by atoms with van der Waals surface area (Å²) in [6, 6.07) is 4.67. The Hall–Kier alpha value is -1.53. The molecule has 1 aromatic rings. The molecule has 0 aliphatic carbocycles. The zero-order valence-corrected chi connectivity index (χ0v) is 13.5. The minimum Gasteiger partial charge on any atom is -0.352 e. The highest BCUT2D eigenvalue weighted by Crippen LogP contribution is 2.17. The molecule has 0 saturated carbocycles. The average molecular weight is 309 g/mol. The quantitative estimate of drug-likeness (QED) is 0.716. The van der Waals surface area contributed by atoms with Gasteiger partial charge in [-0.15, -0.1) is 0 Å². The fraction of sp³-hybridized carbons (Fsp3) is 0.467. The maximum absolute atomic E-state index is 12.0. The van der Waals surface area contributed by atoms with Crippen LogP contribution >= 0.6 is 11.8 Å². The van der Waals surface area contributed by atoms with Gasteiger partial charge in [0.1, 0.15) is 0 Å². The summed E-state index contributed by atoms with van der Waals surface area (Å²) in [6.45, 7) is 4.31. The smallest absolute Gasteiger partial charge is 0.251 e. The second-order valence-electron chi connectivity index (χ2n) is 4.77. The normalized spacial score (nSPS) is 11.8. The van der Waals surface area contributed by atoms with E-state index in [0.29, 0.717) is 24.2 Å². The maximum Gasteiger partial charge on any atom is 0.251 e. The number of anilines is 1. The first-order chi connectivity index (χ1) is 9.99. The van der Waals surface area contributed by atoms with Crippen LogP contribution in [0.5, 0.6) is 0 Å². The van der Waals surface area contributed by atoms with Crippen molar-refractivity contribution in [3.05, 3.63) is 29.3 Å². The molecule has 0 fully saturated rings. The Labute approximate surface area is 130 Å². The van der Waals surface area contributed by atoms with Crippen LogP contribution in [0.15, 0.2) is 18.2 Å². The Bertz CT molecular complexity index is 506. The fourth-order valence-corrected chi connectivity index (χ4v) is 2.30. The summed E-state index contributed by atoms with van der Waals surface area (Å²) < 4.78 is 0. The van der Waals surface area contributed by atoms with Gasteiger partial charge in [0.15, 0.2) is 0 Å². The first-order valence-corrected chi connectivity index (χ1v) is 8.33. The number of carbonyl (C=O) groups excluding carboxylic acids is 2. The molecule has 0 spiro atoms. The molecular weight excluding hydrogens is 286 g/mol. The molecule has 21 heavy (non-hydrogen) atoms. The largest absolute Gasteiger partial charge is 0.352 e. The first kappa shape index (κ1) is 17.5. The zero-order valence-electron chi connectivity index (χ0n) is 12.7. The highest BCUT2D eigenvalue weighted by Gasteiger charge is 2.14. The summed E-state index contributed by atoms with van der Waals surface area (Å²) in [5.74, 6) is 0.539. The van der Waals surface area contributed by atoms with E-state index >= 15 is 0 Å². The number of nitrogens with two attached hydrogens (primary N) is 1. The second kappa shape index (κ2) is 8.69. The van der Waals surface area contributed by atoms with Crippen LogP contribution in [-0.2, 0) is 4.79 Å². The Kier molecular flexibility index (Phi) is 7.25. The van der Waals surface area contributed by atoms with E-state index in [1.807, 2.05) is 20.1 Å². The number of hydrogen-bond acceptors (Lipinski definition) is 4. The number of rotatable bonds is 7. The van der Waals surface area contributed by atoms with Gasteiger partial charge in [0.05, 0.1) is 6.04 Å². The van der Waals surface area contributed by atoms with Crippen molar-refractivity contribution in [2.24, 2.45) is 5.73 Å². The Morgan fingerprint density at radius 3 is 2.67 bits per heavy atom. The molecule has 6 heteroatoms. The summed E-state index contributed by atoms with van der Waals surface area (Å²) in [4.78, 5) is 23.7. The van der Waals surface area contributed by atoms with Crippen LogP contribution in [0.25, 0.3) is 0 Å². The van der Waals surface area contributed by atoms with Gasteiger partial charge in [-0.2, -0.15) is 11.8 Å². The second-order valence-corrected chi connectivity index (χ2v) is 5.75. The predicted molar refractivity (Wildman–Crippen MR) is 88.8 cm³/mol. The summed E-state index contributed by atoms with van der Waals surface area (Å²) in [5, 5.41) is 5.55. The molecule has 1 aromatic carbocycles. The monoisotopic (exact) mass is 309 g/mol. The standard InChI is InChI=1S/C15H23N3O2S/c1-4-17-14(19)11-5-6-13(10(2)9-11)18-15(20)12(16)7-8-21-3/h5-6,9,12H,4,7-8,16H2,1-3H3,(H,17,19)(H,18,20)/t12-/m1/s1. The van der Waals surface area contributed by atoms with E-state index < -0.39 is 6.04 Å². The van der Waals surface area contributed by atoms with Gasteiger partial charge in [0.25, 0.3) is 5.91 Å². The van der Waals surface area contributed by atoms with Crippen molar-refractivity contribution in [2.75, 3.05) is 23.9 Å². The van der Waals surface area contributed by atoms with Crippen molar-refractivity contribution < 1.29 is 9.59 Å². The lowest BCUT2D eigenvalue weighted by atomic mass is 10.1. The zero-order chi connectivity index (χ0) is 15.8. The number of carbonyl (C=O) groups is 2. The highest BCUT2D eigenvalue weighted by atomic mass is 32.2. The maximum atomic E-state index is 12.0. The van der Waals surface area contributed by atoms with Crippen LogP contribution in [0.4, 0.5) is 5.69 Å². The van der Waals surface area contributed by atoms with Gasteiger partial charge in [0.2, 0.25) is 5.91 Å². The predicted octanol–water partition coefficient (Wildman–Crippen LogP) is 1.76. The SMILES string of the molecule is CCNC(=O)c1ccc(NC(=O)[C@H](N)CCSC)c(C)c1. The van der Waals surface area contributed by atoms with E-state index in [1.165, 1.54) is 0 Å². The number of amides is 2. The van der Waals surface area contributed by atoms with Crippen molar-refractivity contribution in [3.8, 4) is 0 Å². The van der Waals surface area contributed by atoms with Gasteiger partial charge in [-0.1, -0.05) is 0 Å². The molecule has 0 radical (unpaired) electrons. The Morgan fingerprint density at radius 1 is 1.38 bits per heavy atom. The Balaban J connectivity index is 2.72. The summed E-state index contributed by atoms with van der Waals surface area (Å²) in [7, 11) is 0. The average Bonchev–Trinajstić information content (AvgIpc) is 2.46. The summed E-state index contributed by atoms with van der Waals surface area (Å²) in [6.07, 6.45) is 2.62. The van der Waals surface area contributed by atoms with E-state index in [0.717, 1.165) is 11.3 Å². The van der Waals surface area contributed by atoms with E-state index in [4.69, 9.17) is 5.73 Å². The van der Waals surface area contributed by atoms with Gasteiger partial charge in [-0.25, -0.2) is 0 Å². The van der Waals surface area contributed by atoms with Crippen LogP contribution in [-0.4, -0.2) is 36.4 Å². The molecule has 0 aliphatic rings. The minimum atomic E-state index is -0.514. The van der Waals surface area contributed by atoms with E-state index in [-0.39, 0.29) is 11.8 Å². The van der Waals surface area contributed by atoms with Crippen LogP contribution in [0, 0.1) is 6.92 Å². The van der Waals surface area contributed by atoms with E-state index in [1.54, 1.807) is 30.0 Å². The van der Waals surface area contributed by atoms with Crippen LogP contribution in [0.2, 0.25) is 0 Å². The van der Waals surface area contributed by atoms with Crippen molar-refractivity contribution >= 4 is 29.3 Å². The fourth-order valence-electron chi connectivity index (χ4n) is 1.81. The number of thioether (sulfide) groups is 1. The number of benzene rings is 1. The number of nitrogens with one attached hydrogen (secondary N) is 2. The third kappa shape index (κ3) is 5.40. The lowest BCUT2D eigenvalue weighted by Gasteiger charge is -2.14. The third-order valence-electron chi connectivity index (χ3n) is 3.05. The topological polar surface area (TPSA) is 84.2 Å². The Morgan fingerprint density at radius 2 is 2.10 bits per heavy atom. The molecule has 0 bridgehead atoms. The molecule has 0 aliphatic heterocycles. The minimum absolute atomic E-state index is 0.116. The molecule has 0 unspecified atom stereocenters. The molecule has 0 heterocycles. The summed E-state index contributed by atoms with van der Waals surface area (Å²) in [5.41, 5.74) is 7.94. The lowest BCUT2D eigenvalue weighted by molar-refractivity contribution is -0.117.